The van der Waals surface area contributed by atoms with Crippen LogP contribution in [0, 0.1) is 0 Å². The predicted molar refractivity (Wildman–Crippen MR) is 88.8 cm³/mol. The third-order valence-corrected chi connectivity index (χ3v) is 3.44. The van der Waals surface area contributed by atoms with Gasteiger partial charge in [0.2, 0.25) is 0 Å². The zero-order valence-electron chi connectivity index (χ0n) is 12.5. The zero-order chi connectivity index (χ0) is 16.2. The van der Waals surface area contributed by atoms with E-state index in [-0.39, 0.29) is 5.78 Å². The zero-order valence-corrected chi connectivity index (χ0v) is 12.5. The van der Waals surface area contributed by atoms with Gasteiger partial charge in [-0.1, -0.05) is 36.4 Å². The highest BCUT2D eigenvalue weighted by Crippen LogP contribution is 2.23. The van der Waals surface area contributed by atoms with Gasteiger partial charge < -0.3 is 9.15 Å². The molecule has 23 heavy (non-hydrogen) atoms. The molecule has 0 unspecified atom stereocenters. The van der Waals surface area contributed by atoms with E-state index in [1.54, 1.807) is 24.3 Å². The third kappa shape index (κ3) is 3.21. The molecule has 0 fully saturated rings. The Bertz CT molecular complexity index is 936. The van der Waals surface area contributed by atoms with Crippen molar-refractivity contribution in [3.63, 3.8) is 0 Å². The number of hydrogen-bond acceptors (Lipinski definition) is 4. The molecule has 4 heteroatoms. The van der Waals surface area contributed by atoms with Crippen LogP contribution < -0.4 is 10.4 Å². The van der Waals surface area contributed by atoms with Gasteiger partial charge in [0.1, 0.15) is 11.3 Å². The van der Waals surface area contributed by atoms with Crippen molar-refractivity contribution in [1.29, 1.82) is 0 Å². The van der Waals surface area contributed by atoms with E-state index in [1.807, 2.05) is 30.3 Å². The lowest BCUT2D eigenvalue weighted by molar-refractivity contribution is 0.104. The normalized spacial score (nSPS) is 11.0. The van der Waals surface area contributed by atoms with E-state index < -0.39 is 5.63 Å². The van der Waals surface area contributed by atoms with Gasteiger partial charge in [0, 0.05) is 23.1 Å². The fraction of sp³-hybridized carbons (Fsp3) is 0.0526. The highest BCUT2D eigenvalue weighted by atomic mass is 16.5. The minimum absolute atomic E-state index is 0.253. The van der Waals surface area contributed by atoms with Gasteiger partial charge in [-0.3, -0.25) is 4.79 Å². The number of ketones is 1. The van der Waals surface area contributed by atoms with Crippen LogP contribution in [0.3, 0.4) is 0 Å². The average Bonchev–Trinajstić information content (AvgIpc) is 2.59. The van der Waals surface area contributed by atoms with Crippen LogP contribution in [0.4, 0.5) is 0 Å². The largest absolute Gasteiger partial charge is 0.497 e. The fourth-order valence-corrected chi connectivity index (χ4v) is 2.30. The lowest BCUT2D eigenvalue weighted by Crippen LogP contribution is -2.05. The first-order valence-electron chi connectivity index (χ1n) is 7.07. The first-order chi connectivity index (χ1) is 11.2. The highest BCUT2D eigenvalue weighted by Gasteiger charge is 2.11. The monoisotopic (exact) mass is 306 g/mol. The molecule has 0 amide bonds. The van der Waals surface area contributed by atoms with E-state index in [9.17, 15) is 9.59 Å². The molecule has 0 spiro atoms. The van der Waals surface area contributed by atoms with Crippen LogP contribution in [0.25, 0.3) is 17.0 Å². The van der Waals surface area contributed by atoms with Crippen LogP contribution in [-0.2, 0) is 0 Å². The number of fused-ring (bicyclic) bond motifs is 1. The summed E-state index contributed by atoms with van der Waals surface area (Å²) in [6.45, 7) is 0. The maximum Gasteiger partial charge on any atom is 0.336 e. The first kappa shape index (κ1) is 14.8. The second-order valence-corrected chi connectivity index (χ2v) is 4.95. The predicted octanol–water partition coefficient (Wildman–Crippen LogP) is 3.70. The number of carbonyl (C=O) groups is 1. The Morgan fingerprint density at radius 1 is 1.09 bits per heavy atom. The molecule has 0 aliphatic carbocycles. The summed E-state index contributed by atoms with van der Waals surface area (Å²) in [5.74, 6) is 0.307. The molecule has 4 nitrogen and oxygen atoms in total. The first-order valence-corrected chi connectivity index (χ1v) is 7.07. The molecule has 0 aliphatic heterocycles. The minimum atomic E-state index is -0.567. The molecule has 2 aromatic carbocycles. The highest BCUT2D eigenvalue weighted by molar-refractivity contribution is 6.14. The summed E-state index contributed by atoms with van der Waals surface area (Å²) < 4.78 is 10.3. The quantitative estimate of drug-likeness (QED) is 0.419. The van der Waals surface area contributed by atoms with E-state index >= 15 is 0 Å². The Morgan fingerprint density at radius 3 is 2.61 bits per heavy atom. The number of allylic oxidation sites excluding steroid dienone is 1. The number of benzene rings is 2. The maximum atomic E-state index is 12.4. The molecule has 0 N–H and O–H groups in total. The van der Waals surface area contributed by atoms with Gasteiger partial charge in [-0.25, -0.2) is 4.79 Å². The topological polar surface area (TPSA) is 56.5 Å². The number of ether oxygens (including phenoxy) is 1. The number of rotatable bonds is 4. The van der Waals surface area contributed by atoms with Crippen LogP contribution in [0.2, 0.25) is 0 Å². The minimum Gasteiger partial charge on any atom is -0.497 e. The second-order valence-electron chi connectivity index (χ2n) is 4.95. The standard InChI is InChI=1S/C19H14O4/c1-22-14-8-9-15-16(12-19(21)23-18(15)11-14)17(20)10-7-13-5-3-2-4-6-13/h2-12H,1H3/b10-7+. The summed E-state index contributed by atoms with van der Waals surface area (Å²) in [4.78, 5) is 24.1. The second kappa shape index (κ2) is 6.32. The summed E-state index contributed by atoms with van der Waals surface area (Å²) in [7, 11) is 1.52. The smallest absolute Gasteiger partial charge is 0.336 e. The van der Waals surface area contributed by atoms with E-state index in [1.165, 1.54) is 19.3 Å². The van der Waals surface area contributed by atoms with Crippen molar-refractivity contribution in [1.82, 2.24) is 0 Å². The molecule has 0 aliphatic rings. The Hall–Kier alpha value is -3.14. The van der Waals surface area contributed by atoms with Gasteiger partial charge in [-0.05, 0) is 23.8 Å². The molecule has 0 saturated carbocycles. The Labute approximate surface area is 132 Å². The molecule has 0 bridgehead atoms. The van der Waals surface area contributed by atoms with Crippen LogP contribution >= 0.6 is 0 Å². The number of methoxy groups -OCH3 is 1. The summed E-state index contributed by atoms with van der Waals surface area (Å²) in [5, 5.41) is 0.577. The van der Waals surface area contributed by atoms with Crippen molar-refractivity contribution in [3.8, 4) is 5.75 Å². The van der Waals surface area contributed by atoms with Crippen molar-refractivity contribution in [3.05, 3.63) is 82.2 Å². The van der Waals surface area contributed by atoms with E-state index in [4.69, 9.17) is 9.15 Å². The van der Waals surface area contributed by atoms with Crippen LogP contribution in [0.15, 0.2) is 69.9 Å². The molecular formula is C19H14O4. The molecular weight excluding hydrogens is 292 g/mol. The lowest BCUT2D eigenvalue weighted by atomic mass is 10.0. The molecule has 1 aromatic heterocycles. The van der Waals surface area contributed by atoms with Crippen LogP contribution in [-0.4, -0.2) is 12.9 Å². The van der Waals surface area contributed by atoms with Gasteiger partial charge in [-0.15, -0.1) is 0 Å². The van der Waals surface area contributed by atoms with Crippen molar-refractivity contribution in [2.45, 2.75) is 0 Å². The lowest BCUT2D eigenvalue weighted by Gasteiger charge is -2.04. The van der Waals surface area contributed by atoms with Gasteiger partial charge in [-0.2, -0.15) is 0 Å². The molecule has 1 heterocycles. The van der Waals surface area contributed by atoms with Crippen LogP contribution in [0.5, 0.6) is 5.75 Å². The fourth-order valence-electron chi connectivity index (χ4n) is 2.30. The average molecular weight is 306 g/mol. The third-order valence-electron chi connectivity index (χ3n) is 3.44. The molecule has 3 aromatic rings. The van der Waals surface area contributed by atoms with Gasteiger partial charge in [0.15, 0.2) is 5.78 Å². The summed E-state index contributed by atoms with van der Waals surface area (Å²) in [6, 6.07) is 15.7. The molecule has 0 saturated heterocycles. The van der Waals surface area contributed by atoms with Gasteiger partial charge in [0.05, 0.1) is 7.11 Å². The Balaban J connectivity index is 2.03. The van der Waals surface area contributed by atoms with Gasteiger partial charge >= 0.3 is 5.63 Å². The molecule has 3 rings (SSSR count). The summed E-state index contributed by atoms with van der Waals surface area (Å²) in [6.07, 6.45) is 3.17. The van der Waals surface area contributed by atoms with E-state index in [2.05, 4.69) is 0 Å². The molecule has 0 atom stereocenters. The Morgan fingerprint density at radius 2 is 1.87 bits per heavy atom. The molecule has 0 radical (unpaired) electrons. The summed E-state index contributed by atoms with van der Waals surface area (Å²) in [5.41, 5.74) is 0.983. The van der Waals surface area contributed by atoms with Crippen molar-refractivity contribution in [2.75, 3.05) is 7.11 Å². The van der Waals surface area contributed by atoms with E-state index in [0.29, 0.717) is 22.3 Å². The maximum absolute atomic E-state index is 12.4. The van der Waals surface area contributed by atoms with Crippen LogP contribution in [0.1, 0.15) is 15.9 Å². The molecule has 114 valence electrons. The summed E-state index contributed by atoms with van der Waals surface area (Å²) >= 11 is 0. The van der Waals surface area contributed by atoms with E-state index in [0.717, 1.165) is 5.56 Å². The SMILES string of the molecule is COc1ccc2c(C(=O)/C=C/c3ccccc3)cc(=O)oc2c1. The van der Waals surface area contributed by atoms with Crippen molar-refractivity contribution in [2.24, 2.45) is 0 Å². The Kier molecular flexibility index (Phi) is 4.06. The van der Waals surface area contributed by atoms with Gasteiger partial charge in [0.25, 0.3) is 0 Å². The number of hydrogen-bond donors (Lipinski definition) is 0. The number of carbonyl (C=O) groups excluding carboxylic acids is 1. The van der Waals surface area contributed by atoms with Crippen molar-refractivity contribution < 1.29 is 13.9 Å². The van der Waals surface area contributed by atoms with Crippen molar-refractivity contribution >= 4 is 22.8 Å².